The van der Waals surface area contributed by atoms with Gasteiger partial charge in [0.25, 0.3) is 0 Å². The molecule has 1 saturated carbocycles. The fourth-order valence-corrected chi connectivity index (χ4v) is 6.16. The molecule has 0 aromatic carbocycles. The van der Waals surface area contributed by atoms with E-state index in [-0.39, 0.29) is 0 Å². The van der Waals surface area contributed by atoms with Gasteiger partial charge in [-0.1, -0.05) is 30.6 Å². The summed E-state index contributed by atoms with van der Waals surface area (Å²) >= 11 is 1.65. The largest absolute Gasteiger partial charge is 0.315 e. The van der Waals surface area contributed by atoms with Crippen LogP contribution in [-0.4, -0.2) is 54.5 Å². The molecule has 4 aromatic rings. The Hall–Kier alpha value is -2.91. The Labute approximate surface area is 209 Å². The Balaban J connectivity index is 1.13. The summed E-state index contributed by atoms with van der Waals surface area (Å²) in [5.74, 6) is 1.33. The van der Waals surface area contributed by atoms with Gasteiger partial charge in [-0.25, -0.2) is 4.98 Å². The number of nitrogens with zero attached hydrogens (tertiary/aromatic N) is 7. The van der Waals surface area contributed by atoms with Crippen molar-refractivity contribution in [2.75, 3.05) is 25.0 Å². The van der Waals surface area contributed by atoms with Crippen LogP contribution in [-0.2, 0) is 6.54 Å². The predicted octanol–water partition coefficient (Wildman–Crippen LogP) is 5.62. The molecule has 8 nitrogen and oxygen atoms in total. The molecule has 0 amide bonds. The van der Waals surface area contributed by atoms with Crippen LogP contribution in [0.5, 0.6) is 0 Å². The minimum absolute atomic E-state index is 0.564. The number of rotatable bonds is 8. The van der Waals surface area contributed by atoms with E-state index in [2.05, 4.69) is 42.8 Å². The zero-order valence-corrected chi connectivity index (χ0v) is 20.9. The Morgan fingerprint density at radius 3 is 2.69 bits per heavy atom. The van der Waals surface area contributed by atoms with Crippen LogP contribution in [0, 0.1) is 0 Å². The highest BCUT2D eigenvalue weighted by molar-refractivity contribution is 7.15. The van der Waals surface area contributed by atoms with Crippen LogP contribution in [0.1, 0.15) is 62.3 Å². The maximum absolute atomic E-state index is 4.81. The first-order valence-electron chi connectivity index (χ1n) is 12.9. The molecule has 0 radical (unpaired) electrons. The zero-order valence-electron chi connectivity index (χ0n) is 20.1. The molecular formula is C26H32N8S. The van der Waals surface area contributed by atoms with Crippen LogP contribution < -0.4 is 5.32 Å². The quantitative estimate of drug-likeness (QED) is 0.344. The van der Waals surface area contributed by atoms with E-state index in [4.69, 9.17) is 4.98 Å². The van der Waals surface area contributed by atoms with Crippen molar-refractivity contribution in [2.45, 2.75) is 63.8 Å². The van der Waals surface area contributed by atoms with Crippen molar-refractivity contribution in [3.05, 3.63) is 41.8 Å². The SMILES string of the molecule is c1nc2ccc(Nc3nnc(C4CCCCC4)s3)nc2cc1-c1cnn(CCCN2CCCC2)c1. The number of nitrogens with one attached hydrogen (secondary N) is 1. The molecule has 1 saturated heterocycles. The van der Waals surface area contributed by atoms with Gasteiger partial charge in [0, 0.05) is 36.0 Å². The number of fused-ring (bicyclic) bond motifs is 1. The average molecular weight is 489 g/mol. The van der Waals surface area contributed by atoms with Crippen molar-refractivity contribution in [3.63, 3.8) is 0 Å². The van der Waals surface area contributed by atoms with Crippen LogP contribution in [0.4, 0.5) is 10.9 Å². The van der Waals surface area contributed by atoms with E-state index >= 15 is 0 Å². The average Bonchev–Trinajstić information content (AvgIpc) is 3.67. The molecule has 35 heavy (non-hydrogen) atoms. The summed E-state index contributed by atoms with van der Waals surface area (Å²) < 4.78 is 2.04. The lowest BCUT2D eigenvalue weighted by Crippen LogP contribution is -2.21. The summed E-state index contributed by atoms with van der Waals surface area (Å²) in [5.41, 5.74) is 3.83. The van der Waals surface area contributed by atoms with E-state index in [0.717, 1.165) is 57.6 Å². The van der Waals surface area contributed by atoms with Gasteiger partial charge in [-0.15, -0.1) is 10.2 Å². The second kappa shape index (κ2) is 10.4. The van der Waals surface area contributed by atoms with Crippen molar-refractivity contribution in [3.8, 4) is 11.1 Å². The maximum atomic E-state index is 4.81. The van der Waals surface area contributed by atoms with Crippen molar-refractivity contribution < 1.29 is 0 Å². The van der Waals surface area contributed by atoms with Crippen LogP contribution in [0.2, 0.25) is 0 Å². The highest BCUT2D eigenvalue weighted by Gasteiger charge is 2.20. The highest BCUT2D eigenvalue weighted by Crippen LogP contribution is 2.35. The van der Waals surface area contributed by atoms with Crippen molar-refractivity contribution in [2.24, 2.45) is 0 Å². The van der Waals surface area contributed by atoms with Gasteiger partial charge in [0.05, 0.1) is 17.2 Å². The molecule has 0 bridgehead atoms. The highest BCUT2D eigenvalue weighted by atomic mass is 32.1. The Morgan fingerprint density at radius 2 is 1.80 bits per heavy atom. The zero-order chi connectivity index (χ0) is 23.5. The minimum atomic E-state index is 0.564. The van der Waals surface area contributed by atoms with E-state index in [1.54, 1.807) is 11.3 Å². The molecule has 2 aliphatic rings. The van der Waals surface area contributed by atoms with Gasteiger partial charge in [-0.3, -0.25) is 9.67 Å². The van der Waals surface area contributed by atoms with Gasteiger partial charge in [-0.05, 0) is 69.9 Å². The fraction of sp³-hybridized carbons (Fsp3) is 0.500. The van der Waals surface area contributed by atoms with E-state index in [0.29, 0.717) is 5.92 Å². The molecule has 182 valence electrons. The standard InChI is InChI=1S/C26H32N8S/c1-2-7-19(8-3-1)25-31-32-26(35-25)30-24-10-9-22-23(29-24)15-20(16-27-22)21-17-28-34(18-21)14-6-13-33-11-4-5-12-33/h9-10,15-19H,1-8,11-14H2,(H,29,30,32). The summed E-state index contributed by atoms with van der Waals surface area (Å²) in [5, 5.41) is 18.7. The van der Waals surface area contributed by atoms with Gasteiger partial charge < -0.3 is 10.2 Å². The van der Waals surface area contributed by atoms with Crippen LogP contribution >= 0.6 is 11.3 Å². The first kappa shape index (κ1) is 22.5. The smallest absolute Gasteiger partial charge is 0.211 e. The van der Waals surface area contributed by atoms with E-state index in [1.807, 2.05) is 29.2 Å². The number of hydrogen-bond acceptors (Lipinski definition) is 8. The third-order valence-corrected chi connectivity index (χ3v) is 8.20. The van der Waals surface area contributed by atoms with E-state index in [1.165, 1.54) is 58.0 Å². The minimum Gasteiger partial charge on any atom is -0.315 e. The van der Waals surface area contributed by atoms with Crippen molar-refractivity contribution in [1.29, 1.82) is 0 Å². The maximum Gasteiger partial charge on any atom is 0.211 e. The molecule has 5 heterocycles. The first-order valence-corrected chi connectivity index (χ1v) is 13.7. The summed E-state index contributed by atoms with van der Waals surface area (Å²) in [6.45, 7) is 4.59. The summed E-state index contributed by atoms with van der Waals surface area (Å²) in [6.07, 6.45) is 16.2. The molecule has 2 fully saturated rings. The first-order chi connectivity index (χ1) is 17.3. The lowest BCUT2D eigenvalue weighted by Gasteiger charge is -2.18. The Bertz CT molecular complexity index is 1270. The number of aromatic nitrogens is 6. The number of likely N-dealkylation sites (tertiary alicyclic amines) is 1. The second-order valence-corrected chi connectivity index (χ2v) is 10.8. The number of hydrogen-bond donors (Lipinski definition) is 1. The van der Waals surface area contributed by atoms with Crippen LogP contribution in [0.25, 0.3) is 22.2 Å². The van der Waals surface area contributed by atoms with Crippen molar-refractivity contribution >= 4 is 33.3 Å². The molecule has 1 N–H and O–H groups in total. The van der Waals surface area contributed by atoms with Crippen LogP contribution in [0.15, 0.2) is 36.8 Å². The lowest BCUT2D eigenvalue weighted by atomic mass is 9.90. The molecule has 0 spiro atoms. The third kappa shape index (κ3) is 5.36. The van der Waals surface area contributed by atoms with Crippen molar-refractivity contribution in [1.82, 2.24) is 34.8 Å². The van der Waals surface area contributed by atoms with Gasteiger partial charge in [-0.2, -0.15) is 5.10 Å². The second-order valence-electron chi connectivity index (χ2n) is 9.76. The molecule has 0 unspecified atom stereocenters. The normalized spacial score (nSPS) is 17.4. The lowest BCUT2D eigenvalue weighted by molar-refractivity contribution is 0.322. The molecule has 6 rings (SSSR count). The number of pyridine rings is 2. The molecule has 9 heteroatoms. The van der Waals surface area contributed by atoms with Crippen LogP contribution in [0.3, 0.4) is 0 Å². The fourth-order valence-electron chi connectivity index (χ4n) is 5.24. The van der Waals surface area contributed by atoms with E-state index in [9.17, 15) is 0 Å². The molecular weight excluding hydrogens is 456 g/mol. The van der Waals surface area contributed by atoms with Gasteiger partial charge in [0.15, 0.2) is 0 Å². The number of anilines is 2. The van der Waals surface area contributed by atoms with Gasteiger partial charge in [0.1, 0.15) is 10.8 Å². The molecule has 1 aliphatic carbocycles. The predicted molar refractivity (Wildman–Crippen MR) is 140 cm³/mol. The molecule has 4 aromatic heterocycles. The summed E-state index contributed by atoms with van der Waals surface area (Å²) in [7, 11) is 0. The summed E-state index contributed by atoms with van der Waals surface area (Å²) in [4.78, 5) is 12.0. The van der Waals surface area contributed by atoms with E-state index < -0.39 is 0 Å². The number of aryl methyl sites for hydroxylation is 1. The Morgan fingerprint density at radius 1 is 0.914 bits per heavy atom. The monoisotopic (exact) mass is 488 g/mol. The Kier molecular flexibility index (Phi) is 6.68. The van der Waals surface area contributed by atoms with Gasteiger partial charge >= 0.3 is 0 Å². The topological polar surface area (TPSA) is 84.6 Å². The summed E-state index contributed by atoms with van der Waals surface area (Å²) in [6, 6.07) is 6.04. The molecule has 1 aliphatic heterocycles. The third-order valence-electron chi connectivity index (χ3n) is 7.19. The molecule has 0 atom stereocenters. The van der Waals surface area contributed by atoms with Gasteiger partial charge in [0.2, 0.25) is 5.13 Å².